The van der Waals surface area contributed by atoms with Gasteiger partial charge in [-0.3, -0.25) is 4.79 Å². The van der Waals surface area contributed by atoms with Crippen LogP contribution in [-0.4, -0.2) is 31.8 Å². The number of rotatable bonds is 9. The van der Waals surface area contributed by atoms with Crippen molar-refractivity contribution in [1.82, 2.24) is 4.98 Å². The Kier molecular flexibility index (Phi) is 5.93. The summed E-state index contributed by atoms with van der Waals surface area (Å²) in [6, 6.07) is 9.68. The largest absolute Gasteiger partial charge is 0.493 e. The van der Waals surface area contributed by atoms with Crippen LogP contribution < -0.4 is 9.47 Å². The molecule has 6 heteroatoms. The molecule has 2 saturated carbocycles. The van der Waals surface area contributed by atoms with E-state index in [0.29, 0.717) is 24.0 Å². The molecular formula is C24H28FNO4. The van der Waals surface area contributed by atoms with Crippen molar-refractivity contribution in [3.05, 3.63) is 53.5 Å². The summed E-state index contributed by atoms with van der Waals surface area (Å²) in [6.45, 7) is 2.47. The van der Waals surface area contributed by atoms with Crippen molar-refractivity contribution in [3.63, 3.8) is 0 Å². The molecule has 30 heavy (non-hydrogen) atoms. The average Bonchev–Trinajstić information content (AvgIpc) is 3.68. The number of benzene rings is 1. The monoisotopic (exact) mass is 413 g/mol. The number of nitrogens with zero attached hydrogens (tertiary/aromatic N) is 1. The Morgan fingerprint density at radius 1 is 1.27 bits per heavy atom. The van der Waals surface area contributed by atoms with Crippen molar-refractivity contribution >= 4 is 5.97 Å². The van der Waals surface area contributed by atoms with Crippen LogP contribution in [0, 0.1) is 23.6 Å². The molecule has 5 nitrogen and oxygen atoms in total. The van der Waals surface area contributed by atoms with Gasteiger partial charge in [0.05, 0.1) is 32.9 Å². The average molecular weight is 413 g/mol. The van der Waals surface area contributed by atoms with Gasteiger partial charge in [0.1, 0.15) is 11.6 Å². The van der Waals surface area contributed by atoms with Crippen LogP contribution in [0.15, 0.2) is 36.5 Å². The first-order valence-electron chi connectivity index (χ1n) is 10.5. The lowest BCUT2D eigenvalue weighted by Crippen LogP contribution is -2.22. The molecule has 2 aliphatic carbocycles. The molecule has 1 aromatic heterocycles. The standard InChI is InChI=1S/C24H28FNO4/c1-14(24(27)29-3)23(15-7-8-15)16-5-4-6-18(9-16)30-13-17-10-19(17)20-11-22(28-2)26-12-21(20)25/h4-6,9,11-12,14-15,17,19,23H,7-8,10,13H2,1-3H3/t14-,17?,19+,23-/m0/s1. The van der Waals surface area contributed by atoms with E-state index in [-0.39, 0.29) is 35.5 Å². The van der Waals surface area contributed by atoms with Gasteiger partial charge in [-0.25, -0.2) is 9.37 Å². The van der Waals surface area contributed by atoms with Crippen molar-refractivity contribution in [2.45, 2.75) is 38.0 Å². The fourth-order valence-corrected chi connectivity index (χ4v) is 4.41. The summed E-state index contributed by atoms with van der Waals surface area (Å²) in [5, 5.41) is 0. The summed E-state index contributed by atoms with van der Waals surface area (Å²) in [4.78, 5) is 16.0. The van der Waals surface area contributed by atoms with E-state index in [0.717, 1.165) is 30.6 Å². The third kappa shape index (κ3) is 4.42. The molecule has 0 aliphatic heterocycles. The van der Waals surface area contributed by atoms with Crippen LogP contribution in [0.25, 0.3) is 0 Å². The van der Waals surface area contributed by atoms with Crippen molar-refractivity contribution in [1.29, 1.82) is 0 Å². The molecule has 0 radical (unpaired) electrons. The molecule has 0 saturated heterocycles. The predicted molar refractivity (Wildman–Crippen MR) is 110 cm³/mol. The molecule has 4 atom stereocenters. The van der Waals surface area contributed by atoms with Crippen LogP contribution in [0.2, 0.25) is 0 Å². The van der Waals surface area contributed by atoms with Gasteiger partial charge in [0.15, 0.2) is 0 Å². The Hall–Kier alpha value is -2.63. The maximum Gasteiger partial charge on any atom is 0.309 e. The highest BCUT2D eigenvalue weighted by atomic mass is 19.1. The summed E-state index contributed by atoms with van der Waals surface area (Å²) in [5.41, 5.74) is 1.76. The molecule has 2 fully saturated rings. The number of carbonyl (C=O) groups is 1. The zero-order chi connectivity index (χ0) is 21.3. The molecule has 0 bridgehead atoms. The Bertz CT molecular complexity index is 914. The minimum absolute atomic E-state index is 0.128. The zero-order valence-corrected chi connectivity index (χ0v) is 17.6. The van der Waals surface area contributed by atoms with Crippen molar-refractivity contribution in [3.8, 4) is 11.6 Å². The Morgan fingerprint density at radius 3 is 2.77 bits per heavy atom. The van der Waals surface area contributed by atoms with Crippen molar-refractivity contribution < 1.29 is 23.4 Å². The van der Waals surface area contributed by atoms with Gasteiger partial charge in [0.25, 0.3) is 0 Å². The van der Waals surface area contributed by atoms with E-state index < -0.39 is 0 Å². The predicted octanol–water partition coefficient (Wildman–Crippen LogP) is 4.71. The second-order valence-corrected chi connectivity index (χ2v) is 8.41. The SMILES string of the molecule is COC(=O)[C@@H](C)[C@H](c1cccc(OCC2C[C@H]2c2cc(OC)ncc2F)c1)C1CC1. The zero-order valence-electron chi connectivity index (χ0n) is 17.6. The number of halogens is 1. The maximum atomic E-state index is 14.1. The van der Waals surface area contributed by atoms with Crippen LogP contribution in [0.5, 0.6) is 11.6 Å². The first-order valence-corrected chi connectivity index (χ1v) is 10.5. The molecule has 1 unspecified atom stereocenters. The van der Waals surface area contributed by atoms with Gasteiger partial charge in [-0.15, -0.1) is 0 Å². The van der Waals surface area contributed by atoms with Crippen LogP contribution in [0.1, 0.15) is 49.1 Å². The molecule has 0 spiro atoms. The van der Waals surface area contributed by atoms with E-state index in [1.54, 1.807) is 6.07 Å². The number of esters is 1. The first-order chi connectivity index (χ1) is 14.5. The smallest absolute Gasteiger partial charge is 0.309 e. The molecule has 0 N–H and O–H groups in total. The number of hydrogen-bond donors (Lipinski definition) is 0. The van der Waals surface area contributed by atoms with Gasteiger partial charge >= 0.3 is 5.97 Å². The maximum absolute atomic E-state index is 14.1. The summed E-state index contributed by atoms with van der Waals surface area (Å²) in [7, 11) is 2.97. The van der Waals surface area contributed by atoms with E-state index in [1.165, 1.54) is 20.4 Å². The fraction of sp³-hybridized carbons (Fsp3) is 0.500. The van der Waals surface area contributed by atoms with Crippen molar-refractivity contribution in [2.75, 3.05) is 20.8 Å². The van der Waals surface area contributed by atoms with E-state index in [2.05, 4.69) is 11.1 Å². The van der Waals surface area contributed by atoms with E-state index >= 15 is 0 Å². The van der Waals surface area contributed by atoms with Crippen LogP contribution in [0.3, 0.4) is 0 Å². The number of aromatic nitrogens is 1. The van der Waals surface area contributed by atoms with Gasteiger partial charge in [-0.2, -0.15) is 0 Å². The highest BCUT2D eigenvalue weighted by molar-refractivity contribution is 5.73. The Morgan fingerprint density at radius 2 is 2.07 bits per heavy atom. The van der Waals surface area contributed by atoms with E-state index in [9.17, 15) is 9.18 Å². The van der Waals surface area contributed by atoms with E-state index in [4.69, 9.17) is 14.2 Å². The molecule has 160 valence electrons. The summed E-state index contributed by atoms with van der Waals surface area (Å²) in [5.74, 6) is 1.62. The third-order valence-electron chi connectivity index (χ3n) is 6.34. The third-order valence-corrected chi connectivity index (χ3v) is 6.34. The quantitative estimate of drug-likeness (QED) is 0.557. The van der Waals surface area contributed by atoms with Gasteiger partial charge in [-0.05, 0) is 60.3 Å². The number of methoxy groups -OCH3 is 2. The van der Waals surface area contributed by atoms with Crippen molar-refractivity contribution in [2.24, 2.45) is 17.8 Å². The minimum atomic E-state index is -0.297. The minimum Gasteiger partial charge on any atom is -0.493 e. The normalized spacial score (nSPS) is 22.1. The topological polar surface area (TPSA) is 57.7 Å². The second-order valence-electron chi connectivity index (χ2n) is 8.41. The number of hydrogen-bond acceptors (Lipinski definition) is 5. The molecule has 2 aromatic rings. The number of ether oxygens (including phenoxy) is 3. The Labute approximate surface area is 176 Å². The first kappa shape index (κ1) is 20.6. The van der Waals surface area contributed by atoms with Gasteiger partial charge < -0.3 is 14.2 Å². The van der Waals surface area contributed by atoms with Crippen LogP contribution in [-0.2, 0) is 9.53 Å². The lowest BCUT2D eigenvalue weighted by Gasteiger charge is -2.23. The molecule has 2 aliphatic rings. The molecular weight excluding hydrogens is 385 g/mol. The fourth-order valence-electron chi connectivity index (χ4n) is 4.41. The second kappa shape index (κ2) is 8.62. The lowest BCUT2D eigenvalue weighted by atomic mass is 9.83. The number of carbonyl (C=O) groups excluding carboxylic acids is 1. The van der Waals surface area contributed by atoms with E-state index in [1.807, 2.05) is 25.1 Å². The highest BCUT2D eigenvalue weighted by Gasteiger charge is 2.41. The summed E-state index contributed by atoms with van der Waals surface area (Å²) >= 11 is 0. The number of pyridine rings is 1. The lowest BCUT2D eigenvalue weighted by molar-refractivity contribution is -0.145. The van der Waals surface area contributed by atoms with Crippen LogP contribution in [0.4, 0.5) is 4.39 Å². The summed E-state index contributed by atoms with van der Waals surface area (Å²) in [6.07, 6.45) is 4.38. The molecule has 1 heterocycles. The summed E-state index contributed by atoms with van der Waals surface area (Å²) < 4.78 is 30.3. The highest BCUT2D eigenvalue weighted by Crippen LogP contribution is 2.49. The molecule has 0 amide bonds. The van der Waals surface area contributed by atoms with Gasteiger partial charge in [0, 0.05) is 12.0 Å². The molecule has 1 aromatic carbocycles. The van der Waals surface area contributed by atoms with Gasteiger partial charge in [0.2, 0.25) is 5.88 Å². The van der Waals surface area contributed by atoms with Gasteiger partial charge in [-0.1, -0.05) is 19.1 Å². The van der Waals surface area contributed by atoms with Crippen LogP contribution >= 0.6 is 0 Å². The molecule has 4 rings (SSSR count). The Balaban J connectivity index is 1.40.